The molecule has 2 fully saturated rings. The highest BCUT2D eigenvalue weighted by atomic mass is 35.5. The van der Waals surface area contributed by atoms with Crippen LogP contribution in [-0.2, 0) is 14.3 Å². The number of cyclic esters (lactones) is 1. The van der Waals surface area contributed by atoms with Crippen LogP contribution in [0, 0.1) is 0 Å². The van der Waals surface area contributed by atoms with Crippen molar-refractivity contribution >= 4 is 17.6 Å². The van der Waals surface area contributed by atoms with E-state index in [4.69, 9.17) is 21.1 Å². The van der Waals surface area contributed by atoms with E-state index >= 15 is 0 Å². The van der Waals surface area contributed by atoms with E-state index in [2.05, 4.69) is 4.90 Å². The monoisotopic (exact) mass is 327 g/mol. The van der Waals surface area contributed by atoms with Gasteiger partial charge in [-0.2, -0.15) is 0 Å². The first-order valence-corrected chi connectivity index (χ1v) is 9.02. The van der Waals surface area contributed by atoms with E-state index in [-0.39, 0.29) is 5.03 Å². The van der Waals surface area contributed by atoms with Crippen LogP contribution in [0.3, 0.4) is 0 Å². The number of carbonyl (C=O) groups is 1. The number of ether oxygens (including phenoxy) is 2. The Bertz CT molecular complexity index is 421. The molecule has 3 aliphatic rings. The van der Waals surface area contributed by atoms with E-state index in [1.165, 1.54) is 64.2 Å². The Kier molecular flexibility index (Phi) is 5.29. The molecule has 0 aromatic carbocycles. The van der Waals surface area contributed by atoms with E-state index in [1.54, 1.807) is 7.11 Å². The predicted molar refractivity (Wildman–Crippen MR) is 85.4 cm³/mol. The number of hydrogen-bond acceptors (Lipinski definition) is 4. The summed E-state index contributed by atoms with van der Waals surface area (Å²) in [5.41, 5.74) is 0.785. The molecule has 22 heavy (non-hydrogen) atoms. The zero-order valence-corrected chi connectivity index (χ0v) is 14.1. The van der Waals surface area contributed by atoms with Gasteiger partial charge in [0.25, 0.3) is 0 Å². The molecule has 0 amide bonds. The lowest BCUT2D eigenvalue weighted by Crippen LogP contribution is -2.47. The van der Waals surface area contributed by atoms with Gasteiger partial charge >= 0.3 is 5.97 Å². The summed E-state index contributed by atoms with van der Waals surface area (Å²) in [5, 5.41) is 0.225. The highest BCUT2D eigenvalue weighted by Crippen LogP contribution is 2.38. The lowest BCUT2D eigenvalue weighted by atomic mass is 9.88. The van der Waals surface area contributed by atoms with Crippen LogP contribution in [0.15, 0.2) is 10.7 Å². The van der Waals surface area contributed by atoms with Gasteiger partial charge in [0.05, 0.1) is 0 Å². The molecule has 0 aromatic rings. The van der Waals surface area contributed by atoms with Crippen LogP contribution in [0.4, 0.5) is 0 Å². The molecule has 3 rings (SSSR count). The van der Waals surface area contributed by atoms with Gasteiger partial charge in [0, 0.05) is 19.2 Å². The summed E-state index contributed by atoms with van der Waals surface area (Å²) in [7, 11) is 1.58. The van der Waals surface area contributed by atoms with Gasteiger partial charge in [0.15, 0.2) is 5.03 Å². The topological polar surface area (TPSA) is 38.8 Å². The molecular weight excluding hydrogens is 302 g/mol. The third kappa shape index (κ3) is 3.13. The van der Waals surface area contributed by atoms with Gasteiger partial charge in [-0.3, -0.25) is 0 Å². The Morgan fingerprint density at radius 1 is 1.00 bits per heavy atom. The third-order valence-corrected chi connectivity index (χ3v) is 5.62. The smallest absolute Gasteiger partial charge is 0.354 e. The van der Waals surface area contributed by atoms with Crippen molar-refractivity contribution in [1.82, 2.24) is 4.90 Å². The highest BCUT2D eigenvalue weighted by Gasteiger charge is 2.42. The Labute approximate surface area is 137 Å². The summed E-state index contributed by atoms with van der Waals surface area (Å²) < 4.78 is 10.7. The number of esters is 1. The molecule has 1 unspecified atom stereocenters. The van der Waals surface area contributed by atoms with Crippen molar-refractivity contribution in [1.29, 1.82) is 0 Å². The van der Waals surface area contributed by atoms with Crippen molar-refractivity contribution in [2.24, 2.45) is 0 Å². The standard InChI is InChI=1S/C17H26ClNO3/c1-21-17-15(14(18)16(20)22-17)19(12-8-4-2-5-9-12)13-10-6-3-7-11-13/h12-13,17H,2-11H2,1H3. The van der Waals surface area contributed by atoms with Gasteiger partial charge in [-0.25, -0.2) is 4.79 Å². The number of rotatable bonds is 4. The molecule has 0 saturated heterocycles. The number of methoxy groups -OCH3 is 1. The van der Waals surface area contributed by atoms with Gasteiger partial charge in [-0.15, -0.1) is 0 Å². The lowest BCUT2D eigenvalue weighted by Gasteiger charge is -2.44. The van der Waals surface area contributed by atoms with E-state index in [0.29, 0.717) is 12.1 Å². The molecule has 2 saturated carbocycles. The fraction of sp³-hybridized carbons (Fsp3) is 0.824. The van der Waals surface area contributed by atoms with Gasteiger partial charge in [-0.05, 0) is 25.7 Å². The summed E-state index contributed by atoms with van der Waals surface area (Å²) in [6.07, 6.45) is 11.7. The number of carbonyl (C=O) groups excluding carboxylic acids is 1. The molecule has 1 aliphatic heterocycles. The SMILES string of the molecule is COC1OC(=O)C(Cl)=C1N(C1CCCCC1)C1CCCCC1. The molecular formula is C17H26ClNO3. The Balaban J connectivity index is 1.91. The molecule has 0 radical (unpaired) electrons. The second-order valence-corrected chi connectivity index (χ2v) is 7.04. The molecule has 0 aromatic heterocycles. The molecule has 4 nitrogen and oxygen atoms in total. The molecule has 0 spiro atoms. The van der Waals surface area contributed by atoms with Crippen LogP contribution in [-0.4, -0.2) is 36.4 Å². The Morgan fingerprint density at radius 3 is 1.95 bits per heavy atom. The number of nitrogens with zero attached hydrogens (tertiary/aromatic N) is 1. The Morgan fingerprint density at radius 2 is 1.50 bits per heavy atom. The first kappa shape index (κ1) is 16.1. The summed E-state index contributed by atoms with van der Waals surface area (Å²) in [6, 6.07) is 0.931. The lowest BCUT2D eigenvalue weighted by molar-refractivity contribution is -0.158. The minimum Gasteiger partial charge on any atom is -0.425 e. The molecule has 1 atom stereocenters. The van der Waals surface area contributed by atoms with Crippen molar-refractivity contribution in [3.05, 3.63) is 10.7 Å². The quantitative estimate of drug-likeness (QED) is 0.733. The average molecular weight is 328 g/mol. The summed E-state index contributed by atoms with van der Waals surface area (Å²) in [6.45, 7) is 0. The van der Waals surface area contributed by atoms with E-state index in [0.717, 1.165) is 5.70 Å². The van der Waals surface area contributed by atoms with Gasteiger partial charge in [0.2, 0.25) is 6.29 Å². The van der Waals surface area contributed by atoms with Crippen molar-refractivity contribution in [2.45, 2.75) is 82.6 Å². The maximum absolute atomic E-state index is 11.9. The maximum Gasteiger partial charge on any atom is 0.354 e. The second kappa shape index (κ2) is 7.22. The van der Waals surface area contributed by atoms with Crippen LogP contribution < -0.4 is 0 Å². The Hall–Kier alpha value is -0.740. The normalized spacial score (nSPS) is 28.1. The maximum atomic E-state index is 11.9. The van der Waals surface area contributed by atoms with Gasteiger partial charge in [0.1, 0.15) is 5.70 Å². The van der Waals surface area contributed by atoms with E-state index in [1.807, 2.05) is 0 Å². The average Bonchev–Trinajstić information content (AvgIpc) is 2.85. The summed E-state index contributed by atoms with van der Waals surface area (Å²) in [5.74, 6) is -0.444. The van der Waals surface area contributed by atoms with E-state index < -0.39 is 12.3 Å². The fourth-order valence-corrected chi connectivity index (χ4v) is 4.45. The first-order valence-electron chi connectivity index (χ1n) is 8.64. The zero-order valence-electron chi connectivity index (χ0n) is 13.4. The van der Waals surface area contributed by atoms with Crippen LogP contribution >= 0.6 is 11.6 Å². The first-order chi connectivity index (χ1) is 10.7. The van der Waals surface area contributed by atoms with E-state index in [9.17, 15) is 4.79 Å². The molecule has 0 bridgehead atoms. The highest BCUT2D eigenvalue weighted by molar-refractivity contribution is 6.42. The molecule has 124 valence electrons. The van der Waals surface area contributed by atoms with Crippen LogP contribution in [0.25, 0.3) is 0 Å². The van der Waals surface area contributed by atoms with Gasteiger partial charge < -0.3 is 14.4 Å². The minimum atomic E-state index is -0.635. The second-order valence-electron chi connectivity index (χ2n) is 6.66. The van der Waals surface area contributed by atoms with Crippen molar-refractivity contribution in [2.75, 3.05) is 7.11 Å². The fourth-order valence-electron chi connectivity index (χ4n) is 4.22. The molecule has 2 aliphatic carbocycles. The summed E-state index contributed by atoms with van der Waals surface area (Å²) in [4.78, 5) is 14.3. The largest absolute Gasteiger partial charge is 0.425 e. The summed E-state index contributed by atoms with van der Waals surface area (Å²) >= 11 is 6.32. The number of halogens is 1. The van der Waals surface area contributed by atoms with Crippen molar-refractivity contribution in [3.63, 3.8) is 0 Å². The van der Waals surface area contributed by atoms with Crippen LogP contribution in [0.5, 0.6) is 0 Å². The number of hydrogen-bond donors (Lipinski definition) is 0. The molecule has 5 heteroatoms. The van der Waals surface area contributed by atoms with Gasteiger partial charge in [-0.1, -0.05) is 50.1 Å². The van der Waals surface area contributed by atoms with Crippen LogP contribution in [0.2, 0.25) is 0 Å². The van der Waals surface area contributed by atoms with Crippen molar-refractivity contribution < 1.29 is 14.3 Å². The molecule has 0 N–H and O–H groups in total. The van der Waals surface area contributed by atoms with Crippen molar-refractivity contribution in [3.8, 4) is 0 Å². The third-order valence-electron chi connectivity index (χ3n) is 5.27. The van der Waals surface area contributed by atoms with Crippen LogP contribution in [0.1, 0.15) is 64.2 Å². The predicted octanol–water partition coefficient (Wildman–Crippen LogP) is 3.93. The minimum absolute atomic E-state index is 0.225. The zero-order chi connectivity index (χ0) is 15.5. The molecule has 1 heterocycles.